The van der Waals surface area contributed by atoms with Gasteiger partial charge in [-0.3, -0.25) is 9.97 Å². The molecule has 3 aromatic carbocycles. The fourth-order valence-electron chi connectivity index (χ4n) is 4.59. The summed E-state index contributed by atoms with van der Waals surface area (Å²) in [7, 11) is 0. The van der Waals surface area contributed by atoms with Gasteiger partial charge in [0.05, 0.1) is 17.1 Å². The van der Waals surface area contributed by atoms with E-state index in [4.69, 9.17) is 0 Å². The van der Waals surface area contributed by atoms with Crippen LogP contribution in [-0.2, 0) is 5.41 Å². The number of nitrogens with zero attached hydrogens (tertiary/aromatic N) is 2. The molecular weight excluding hydrogens is 352 g/mol. The molecule has 2 heteroatoms. The number of benzene rings is 3. The molecule has 29 heavy (non-hydrogen) atoms. The molecule has 0 unspecified atom stereocenters. The molecule has 1 heterocycles. The Hall–Kier alpha value is -3.26. The highest BCUT2D eigenvalue weighted by atomic mass is 14.8. The summed E-state index contributed by atoms with van der Waals surface area (Å²) in [5, 5.41) is 0. The number of hydrogen-bond donors (Lipinski definition) is 0. The van der Waals surface area contributed by atoms with E-state index >= 15 is 0 Å². The average molecular weight is 377 g/mol. The molecule has 4 aromatic rings. The highest BCUT2D eigenvalue weighted by Crippen LogP contribution is 2.49. The Kier molecular flexibility index (Phi) is 3.92. The summed E-state index contributed by atoms with van der Waals surface area (Å²) in [6.45, 7) is 8.64. The molecule has 1 aliphatic rings. The first kappa shape index (κ1) is 17.8. The standard InChI is InChI=1S/C27H24N2/c1-17-16-28-26(18(2)29-17)20-11-9-19(10-12-20)21-13-14-23-22-7-5-6-8-24(22)27(3,4)25(23)15-21/h5-16H,1-4H3. The van der Waals surface area contributed by atoms with Gasteiger partial charge in [-0.2, -0.15) is 0 Å². The van der Waals surface area contributed by atoms with Crippen LogP contribution in [0.15, 0.2) is 72.9 Å². The molecule has 5 rings (SSSR count). The van der Waals surface area contributed by atoms with Crippen LogP contribution < -0.4 is 0 Å². The Bertz CT molecular complexity index is 1230. The summed E-state index contributed by atoms with van der Waals surface area (Å²) in [5.74, 6) is 0. The van der Waals surface area contributed by atoms with Crippen LogP contribution in [0.5, 0.6) is 0 Å². The van der Waals surface area contributed by atoms with Crippen molar-refractivity contribution in [2.75, 3.05) is 0 Å². The van der Waals surface area contributed by atoms with E-state index in [0.717, 1.165) is 22.6 Å². The molecule has 0 fully saturated rings. The van der Waals surface area contributed by atoms with Crippen LogP contribution in [0.1, 0.15) is 36.4 Å². The predicted molar refractivity (Wildman–Crippen MR) is 120 cm³/mol. The normalized spacial score (nSPS) is 13.8. The molecule has 142 valence electrons. The Balaban J connectivity index is 1.54. The minimum absolute atomic E-state index is 0.0243. The molecule has 0 spiro atoms. The van der Waals surface area contributed by atoms with Gasteiger partial charge in [-0.1, -0.05) is 74.5 Å². The van der Waals surface area contributed by atoms with E-state index in [9.17, 15) is 0 Å². The predicted octanol–water partition coefficient (Wildman–Crippen LogP) is 6.73. The summed E-state index contributed by atoms with van der Waals surface area (Å²) in [6.07, 6.45) is 1.83. The van der Waals surface area contributed by atoms with Gasteiger partial charge in [-0.25, -0.2) is 0 Å². The monoisotopic (exact) mass is 376 g/mol. The second kappa shape index (κ2) is 6.38. The van der Waals surface area contributed by atoms with E-state index in [0.29, 0.717) is 0 Å². The highest BCUT2D eigenvalue weighted by molar-refractivity contribution is 5.83. The van der Waals surface area contributed by atoms with Gasteiger partial charge >= 0.3 is 0 Å². The Morgan fingerprint density at radius 3 is 2.10 bits per heavy atom. The molecule has 0 saturated heterocycles. The third kappa shape index (κ3) is 2.79. The van der Waals surface area contributed by atoms with Crippen molar-refractivity contribution in [3.05, 3.63) is 95.4 Å². The summed E-state index contributed by atoms with van der Waals surface area (Å²) in [5.41, 5.74) is 12.0. The van der Waals surface area contributed by atoms with E-state index in [1.54, 1.807) is 0 Å². The average Bonchev–Trinajstić information content (AvgIpc) is 2.96. The van der Waals surface area contributed by atoms with Gasteiger partial charge in [0.15, 0.2) is 0 Å². The third-order valence-electron chi connectivity index (χ3n) is 6.14. The lowest BCUT2D eigenvalue weighted by Crippen LogP contribution is -2.14. The zero-order valence-electron chi connectivity index (χ0n) is 17.3. The second-order valence-corrected chi connectivity index (χ2v) is 8.45. The van der Waals surface area contributed by atoms with Crippen molar-refractivity contribution in [3.8, 4) is 33.5 Å². The molecule has 0 atom stereocenters. The van der Waals surface area contributed by atoms with Crippen molar-refractivity contribution in [2.45, 2.75) is 33.1 Å². The van der Waals surface area contributed by atoms with Gasteiger partial charge in [0, 0.05) is 17.2 Å². The van der Waals surface area contributed by atoms with E-state index in [1.165, 1.54) is 33.4 Å². The lowest BCUT2D eigenvalue weighted by Gasteiger charge is -2.22. The molecule has 0 aliphatic heterocycles. The number of fused-ring (bicyclic) bond motifs is 3. The first-order chi connectivity index (χ1) is 13.9. The van der Waals surface area contributed by atoms with Crippen LogP contribution >= 0.6 is 0 Å². The SMILES string of the molecule is Cc1cnc(-c2ccc(-c3ccc4c(c3)C(C)(C)c3ccccc3-4)cc2)c(C)n1. The molecule has 1 aromatic heterocycles. The van der Waals surface area contributed by atoms with E-state index in [-0.39, 0.29) is 5.41 Å². The summed E-state index contributed by atoms with van der Waals surface area (Å²) in [6, 6.07) is 24.3. The van der Waals surface area contributed by atoms with Crippen LogP contribution in [0, 0.1) is 13.8 Å². The molecule has 2 nitrogen and oxygen atoms in total. The van der Waals surface area contributed by atoms with Crippen LogP contribution in [-0.4, -0.2) is 9.97 Å². The van der Waals surface area contributed by atoms with Crippen molar-refractivity contribution >= 4 is 0 Å². The second-order valence-electron chi connectivity index (χ2n) is 8.45. The maximum absolute atomic E-state index is 4.58. The summed E-state index contributed by atoms with van der Waals surface area (Å²) < 4.78 is 0. The Morgan fingerprint density at radius 1 is 0.690 bits per heavy atom. The fraction of sp³-hybridized carbons (Fsp3) is 0.185. The topological polar surface area (TPSA) is 25.8 Å². The lowest BCUT2D eigenvalue weighted by atomic mass is 9.81. The zero-order chi connectivity index (χ0) is 20.2. The highest BCUT2D eigenvalue weighted by Gasteiger charge is 2.35. The van der Waals surface area contributed by atoms with Crippen molar-refractivity contribution in [2.24, 2.45) is 0 Å². The number of hydrogen-bond acceptors (Lipinski definition) is 2. The van der Waals surface area contributed by atoms with Gasteiger partial charge < -0.3 is 0 Å². The first-order valence-electron chi connectivity index (χ1n) is 10.1. The van der Waals surface area contributed by atoms with Crippen molar-refractivity contribution in [3.63, 3.8) is 0 Å². The molecular formula is C27H24N2. The lowest BCUT2D eigenvalue weighted by molar-refractivity contribution is 0.660. The number of rotatable bonds is 2. The van der Waals surface area contributed by atoms with Gasteiger partial charge in [0.2, 0.25) is 0 Å². The maximum Gasteiger partial charge on any atom is 0.0914 e. The van der Waals surface area contributed by atoms with E-state index in [2.05, 4.69) is 90.5 Å². The summed E-state index contributed by atoms with van der Waals surface area (Å²) >= 11 is 0. The van der Waals surface area contributed by atoms with Crippen molar-refractivity contribution < 1.29 is 0 Å². The smallest absolute Gasteiger partial charge is 0.0914 e. The first-order valence-corrected chi connectivity index (χ1v) is 10.1. The zero-order valence-corrected chi connectivity index (χ0v) is 17.3. The molecule has 0 N–H and O–H groups in total. The molecule has 0 bridgehead atoms. The van der Waals surface area contributed by atoms with Gasteiger partial charge in [-0.15, -0.1) is 0 Å². The molecule has 0 amide bonds. The van der Waals surface area contributed by atoms with E-state index in [1.807, 2.05) is 20.0 Å². The third-order valence-corrected chi connectivity index (χ3v) is 6.14. The van der Waals surface area contributed by atoms with Gasteiger partial charge in [0.25, 0.3) is 0 Å². The molecule has 0 saturated carbocycles. The quantitative estimate of drug-likeness (QED) is 0.387. The molecule has 1 aliphatic carbocycles. The van der Waals surface area contributed by atoms with Crippen LogP contribution in [0.25, 0.3) is 33.5 Å². The maximum atomic E-state index is 4.58. The number of aryl methyl sites for hydroxylation is 2. The Morgan fingerprint density at radius 2 is 1.34 bits per heavy atom. The minimum Gasteiger partial charge on any atom is -0.255 e. The van der Waals surface area contributed by atoms with Crippen LogP contribution in [0.4, 0.5) is 0 Å². The van der Waals surface area contributed by atoms with Crippen molar-refractivity contribution in [1.82, 2.24) is 9.97 Å². The number of aromatic nitrogens is 2. The molecule has 0 radical (unpaired) electrons. The summed E-state index contributed by atoms with van der Waals surface area (Å²) in [4.78, 5) is 9.12. The minimum atomic E-state index is 0.0243. The van der Waals surface area contributed by atoms with E-state index < -0.39 is 0 Å². The fourth-order valence-corrected chi connectivity index (χ4v) is 4.59. The van der Waals surface area contributed by atoms with Gasteiger partial charge in [0.1, 0.15) is 0 Å². The largest absolute Gasteiger partial charge is 0.255 e. The van der Waals surface area contributed by atoms with Crippen molar-refractivity contribution in [1.29, 1.82) is 0 Å². The van der Waals surface area contributed by atoms with Crippen LogP contribution in [0.3, 0.4) is 0 Å². The Labute approximate surface area is 172 Å². The van der Waals surface area contributed by atoms with Gasteiger partial charge in [-0.05, 0) is 53.3 Å². The van der Waals surface area contributed by atoms with Crippen LogP contribution in [0.2, 0.25) is 0 Å².